The Balaban J connectivity index is 2.18. The predicted molar refractivity (Wildman–Crippen MR) is 69.6 cm³/mol. The van der Waals surface area contributed by atoms with Crippen LogP contribution in [0, 0.1) is 11.7 Å². The normalized spacial score (nSPS) is 10.8. The van der Waals surface area contributed by atoms with Crippen LogP contribution in [-0.2, 0) is 0 Å². The van der Waals surface area contributed by atoms with E-state index in [-0.39, 0.29) is 5.75 Å². The van der Waals surface area contributed by atoms with Gasteiger partial charge in [0.1, 0.15) is 0 Å². The highest BCUT2D eigenvalue weighted by Crippen LogP contribution is 2.25. The van der Waals surface area contributed by atoms with E-state index in [1.807, 2.05) is 0 Å². The molecule has 5 nitrogen and oxygen atoms in total. The summed E-state index contributed by atoms with van der Waals surface area (Å²) in [6.45, 7) is 4.90. The molecule has 19 heavy (non-hydrogen) atoms. The second-order valence-electron chi connectivity index (χ2n) is 4.55. The SMILES string of the molecule is COc1cc(-c2noc(NCC(C)C)n2)ccc1F. The summed E-state index contributed by atoms with van der Waals surface area (Å²) in [5.74, 6) is 0.595. The van der Waals surface area contributed by atoms with Crippen molar-refractivity contribution in [2.75, 3.05) is 19.0 Å². The smallest absolute Gasteiger partial charge is 0.321 e. The van der Waals surface area contributed by atoms with Gasteiger partial charge in [0.15, 0.2) is 11.6 Å². The van der Waals surface area contributed by atoms with Crippen molar-refractivity contribution in [1.82, 2.24) is 10.1 Å². The number of rotatable bonds is 5. The van der Waals surface area contributed by atoms with Crippen molar-refractivity contribution < 1.29 is 13.7 Å². The summed E-state index contributed by atoms with van der Waals surface area (Å²) in [7, 11) is 1.41. The highest BCUT2D eigenvalue weighted by molar-refractivity contribution is 5.58. The van der Waals surface area contributed by atoms with Crippen LogP contribution < -0.4 is 10.1 Å². The molecule has 1 aromatic carbocycles. The van der Waals surface area contributed by atoms with Gasteiger partial charge in [0.2, 0.25) is 5.82 Å². The second kappa shape index (κ2) is 5.69. The Kier molecular flexibility index (Phi) is 3.99. The van der Waals surface area contributed by atoms with Crippen LogP contribution in [0.25, 0.3) is 11.4 Å². The summed E-state index contributed by atoms with van der Waals surface area (Å²) in [6.07, 6.45) is 0. The molecule has 0 saturated carbocycles. The molecule has 0 aliphatic heterocycles. The van der Waals surface area contributed by atoms with Crippen LogP contribution in [0.5, 0.6) is 5.75 Å². The molecule has 1 aromatic heterocycles. The standard InChI is InChI=1S/C13H16FN3O2/c1-8(2)7-15-13-16-12(17-19-13)9-4-5-10(14)11(6-9)18-3/h4-6,8H,7H2,1-3H3,(H,15,16,17). The molecular formula is C13H16FN3O2. The first-order chi connectivity index (χ1) is 9.10. The molecule has 0 amide bonds. The zero-order chi connectivity index (χ0) is 13.8. The molecule has 2 aromatic rings. The Labute approximate surface area is 110 Å². The highest BCUT2D eigenvalue weighted by Gasteiger charge is 2.11. The molecule has 0 aliphatic carbocycles. The number of benzene rings is 1. The minimum Gasteiger partial charge on any atom is -0.494 e. The van der Waals surface area contributed by atoms with Gasteiger partial charge in [-0.15, -0.1) is 0 Å². The Hall–Kier alpha value is -2.11. The lowest BCUT2D eigenvalue weighted by atomic mass is 10.2. The Morgan fingerprint density at radius 3 is 2.89 bits per heavy atom. The summed E-state index contributed by atoms with van der Waals surface area (Å²) in [6, 6.07) is 4.78. The number of methoxy groups -OCH3 is 1. The molecule has 102 valence electrons. The largest absolute Gasteiger partial charge is 0.494 e. The summed E-state index contributed by atoms with van der Waals surface area (Å²) in [4.78, 5) is 4.19. The molecule has 0 atom stereocenters. The monoisotopic (exact) mass is 265 g/mol. The zero-order valence-corrected chi connectivity index (χ0v) is 11.1. The fourth-order valence-corrected chi connectivity index (χ4v) is 1.50. The van der Waals surface area contributed by atoms with E-state index < -0.39 is 5.82 Å². The maximum absolute atomic E-state index is 13.3. The van der Waals surface area contributed by atoms with E-state index in [1.165, 1.54) is 19.2 Å². The average Bonchev–Trinajstić information content (AvgIpc) is 2.86. The maximum Gasteiger partial charge on any atom is 0.321 e. The quantitative estimate of drug-likeness (QED) is 0.900. The van der Waals surface area contributed by atoms with Gasteiger partial charge in [-0.3, -0.25) is 0 Å². The van der Waals surface area contributed by atoms with Crippen LogP contribution in [-0.4, -0.2) is 23.8 Å². The molecule has 1 heterocycles. The van der Waals surface area contributed by atoms with Crippen LogP contribution in [0.1, 0.15) is 13.8 Å². The van der Waals surface area contributed by atoms with E-state index >= 15 is 0 Å². The fourth-order valence-electron chi connectivity index (χ4n) is 1.50. The van der Waals surface area contributed by atoms with Crippen molar-refractivity contribution in [2.24, 2.45) is 5.92 Å². The van der Waals surface area contributed by atoms with Crippen molar-refractivity contribution in [3.63, 3.8) is 0 Å². The van der Waals surface area contributed by atoms with Gasteiger partial charge in [0.05, 0.1) is 7.11 Å². The minimum atomic E-state index is -0.423. The third-order valence-corrected chi connectivity index (χ3v) is 2.50. The van der Waals surface area contributed by atoms with E-state index in [2.05, 4.69) is 29.3 Å². The van der Waals surface area contributed by atoms with Gasteiger partial charge in [-0.25, -0.2) is 4.39 Å². The van der Waals surface area contributed by atoms with Gasteiger partial charge >= 0.3 is 6.01 Å². The summed E-state index contributed by atoms with van der Waals surface area (Å²) < 4.78 is 23.3. The summed E-state index contributed by atoms with van der Waals surface area (Å²) in [5.41, 5.74) is 0.639. The molecule has 0 saturated heterocycles. The summed E-state index contributed by atoms with van der Waals surface area (Å²) >= 11 is 0. The fraction of sp³-hybridized carbons (Fsp3) is 0.385. The molecular weight excluding hydrogens is 249 g/mol. The first-order valence-corrected chi connectivity index (χ1v) is 6.01. The molecule has 1 N–H and O–H groups in total. The average molecular weight is 265 g/mol. The molecule has 2 rings (SSSR count). The lowest BCUT2D eigenvalue weighted by Crippen LogP contribution is -2.07. The van der Waals surface area contributed by atoms with Gasteiger partial charge < -0.3 is 14.6 Å². The molecule has 6 heteroatoms. The predicted octanol–water partition coefficient (Wildman–Crippen LogP) is 2.95. The van der Waals surface area contributed by atoms with Crippen LogP contribution in [0.3, 0.4) is 0 Å². The van der Waals surface area contributed by atoms with Crippen molar-refractivity contribution in [3.05, 3.63) is 24.0 Å². The van der Waals surface area contributed by atoms with E-state index in [0.717, 1.165) is 6.54 Å². The highest BCUT2D eigenvalue weighted by atomic mass is 19.1. The lowest BCUT2D eigenvalue weighted by molar-refractivity contribution is 0.386. The van der Waals surface area contributed by atoms with E-state index in [4.69, 9.17) is 9.26 Å². The van der Waals surface area contributed by atoms with Crippen molar-refractivity contribution in [3.8, 4) is 17.1 Å². The molecule has 0 spiro atoms. The molecule has 0 unspecified atom stereocenters. The number of aromatic nitrogens is 2. The van der Waals surface area contributed by atoms with Gasteiger partial charge in [-0.05, 0) is 24.1 Å². The Bertz CT molecular complexity index is 555. The van der Waals surface area contributed by atoms with Gasteiger partial charge in [0.25, 0.3) is 0 Å². The number of hydrogen-bond acceptors (Lipinski definition) is 5. The van der Waals surface area contributed by atoms with Crippen molar-refractivity contribution >= 4 is 6.01 Å². The van der Waals surface area contributed by atoms with E-state index in [0.29, 0.717) is 23.3 Å². The molecule has 0 fully saturated rings. The second-order valence-corrected chi connectivity index (χ2v) is 4.55. The van der Waals surface area contributed by atoms with E-state index in [1.54, 1.807) is 6.07 Å². The van der Waals surface area contributed by atoms with E-state index in [9.17, 15) is 4.39 Å². The van der Waals surface area contributed by atoms with Gasteiger partial charge in [0, 0.05) is 12.1 Å². The minimum absolute atomic E-state index is 0.152. The number of nitrogens with zero attached hydrogens (tertiary/aromatic N) is 2. The van der Waals surface area contributed by atoms with Gasteiger partial charge in [-0.1, -0.05) is 19.0 Å². The van der Waals surface area contributed by atoms with Crippen LogP contribution in [0.15, 0.2) is 22.7 Å². The van der Waals surface area contributed by atoms with Crippen molar-refractivity contribution in [1.29, 1.82) is 0 Å². The number of nitrogens with one attached hydrogen (secondary N) is 1. The van der Waals surface area contributed by atoms with Crippen LogP contribution in [0.2, 0.25) is 0 Å². The number of hydrogen-bond donors (Lipinski definition) is 1. The maximum atomic E-state index is 13.3. The third-order valence-electron chi connectivity index (χ3n) is 2.50. The van der Waals surface area contributed by atoms with Crippen LogP contribution >= 0.6 is 0 Å². The summed E-state index contributed by atoms with van der Waals surface area (Å²) in [5, 5.41) is 6.87. The van der Waals surface area contributed by atoms with Gasteiger partial charge in [-0.2, -0.15) is 4.98 Å². The molecule has 0 bridgehead atoms. The van der Waals surface area contributed by atoms with Crippen LogP contribution in [0.4, 0.5) is 10.4 Å². The first kappa shape index (κ1) is 13.3. The Morgan fingerprint density at radius 2 is 2.21 bits per heavy atom. The van der Waals surface area contributed by atoms with Crippen molar-refractivity contribution in [2.45, 2.75) is 13.8 Å². The molecule has 0 aliphatic rings. The number of anilines is 1. The topological polar surface area (TPSA) is 60.2 Å². The number of ether oxygens (including phenoxy) is 1. The Morgan fingerprint density at radius 1 is 1.42 bits per heavy atom. The third kappa shape index (κ3) is 3.21. The zero-order valence-electron chi connectivity index (χ0n) is 11.1. The number of halogens is 1. The lowest BCUT2D eigenvalue weighted by Gasteiger charge is -2.03. The first-order valence-electron chi connectivity index (χ1n) is 6.01. The molecule has 0 radical (unpaired) electrons.